The molecular weight excluding hydrogens is 464 g/mol. The Balaban J connectivity index is 1.90. The third-order valence-corrected chi connectivity index (χ3v) is 5.49. The molecule has 3 aromatic rings. The van der Waals surface area contributed by atoms with Gasteiger partial charge in [0.05, 0.1) is 0 Å². The molecule has 35 heavy (non-hydrogen) atoms. The number of aliphatic hydroxyl groups is 3. The lowest BCUT2D eigenvalue weighted by atomic mass is 9.97. The first-order chi connectivity index (χ1) is 16.5. The lowest BCUT2D eigenvalue weighted by Crippen LogP contribution is -2.58. The molecule has 1 aromatic heterocycles. The third kappa shape index (κ3) is 4.49. The van der Waals surface area contributed by atoms with Gasteiger partial charge in [-0.25, -0.2) is 0 Å². The van der Waals surface area contributed by atoms with Crippen molar-refractivity contribution in [3.63, 3.8) is 0 Å². The second-order valence-corrected chi connectivity index (χ2v) is 8.43. The first kappa shape index (κ1) is 24.4. The van der Waals surface area contributed by atoms with E-state index >= 15 is 0 Å². The molecule has 0 saturated carbocycles. The van der Waals surface area contributed by atoms with E-state index in [9.17, 15) is 40.5 Å². The van der Waals surface area contributed by atoms with E-state index in [0.717, 1.165) is 29.8 Å². The van der Waals surface area contributed by atoms with Crippen molar-refractivity contribution in [2.45, 2.75) is 44.6 Å². The zero-order valence-corrected chi connectivity index (χ0v) is 18.6. The molecule has 0 unspecified atom stereocenters. The molecule has 1 saturated heterocycles. The fourth-order valence-electron chi connectivity index (χ4n) is 3.78. The Bertz CT molecular complexity index is 1360. The molecule has 1 aliphatic rings. The second kappa shape index (κ2) is 9.12. The van der Waals surface area contributed by atoms with Crippen molar-refractivity contribution < 1.29 is 49.6 Å². The van der Waals surface area contributed by atoms with Gasteiger partial charge in [0.15, 0.2) is 17.3 Å². The third-order valence-electron chi connectivity index (χ3n) is 5.49. The van der Waals surface area contributed by atoms with Gasteiger partial charge in [-0.1, -0.05) is 11.6 Å². The van der Waals surface area contributed by atoms with Gasteiger partial charge >= 0.3 is 0 Å². The molecule has 0 aliphatic carbocycles. The van der Waals surface area contributed by atoms with E-state index in [1.54, 1.807) is 13.8 Å². The van der Waals surface area contributed by atoms with E-state index < -0.39 is 59.1 Å². The van der Waals surface area contributed by atoms with Gasteiger partial charge in [-0.15, -0.1) is 0 Å². The summed E-state index contributed by atoms with van der Waals surface area (Å²) >= 11 is 0. The Kier molecular flexibility index (Phi) is 6.34. The number of phenols is 4. The van der Waals surface area contributed by atoms with Crippen LogP contribution >= 0.6 is 0 Å². The monoisotopic (exact) mass is 488 g/mol. The van der Waals surface area contributed by atoms with Crippen LogP contribution in [0.3, 0.4) is 0 Å². The van der Waals surface area contributed by atoms with Gasteiger partial charge in [-0.2, -0.15) is 0 Å². The van der Waals surface area contributed by atoms with Gasteiger partial charge in [0.1, 0.15) is 46.9 Å². The standard InChI is InChI=1S/C24H24O11/c1-9(2)5-16-18(29)20(31)21(32)24(34-16)35-23-19(30)17-14(28)7-11(25)8-15(17)33-22(23)10-3-4-12(26)13(27)6-10/h3-8,16,18,20-21,24-29,31-32H,1-2H3/t16-,18-,20+,21+,24-/m0/s1. The maximum absolute atomic E-state index is 13.4. The average molecular weight is 488 g/mol. The van der Waals surface area contributed by atoms with Crippen LogP contribution in [0.4, 0.5) is 0 Å². The van der Waals surface area contributed by atoms with Gasteiger partial charge in [-0.05, 0) is 32.0 Å². The molecule has 1 aliphatic heterocycles. The van der Waals surface area contributed by atoms with Gasteiger partial charge in [-0.3, -0.25) is 4.79 Å². The largest absolute Gasteiger partial charge is 0.508 e. The number of rotatable bonds is 4. The second-order valence-electron chi connectivity index (χ2n) is 8.43. The smallest absolute Gasteiger partial charge is 0.239 e. The summed E-state index contributed by atoms with van der Waals surface area (Å²) in [7, 11) is 0. The fraction of sp³-hybridized carbons (Fsp3) is 0.292. The first-order valence-electron chi connectivity index (χ1n) is 10.5. The van der Waals surface area contributed by atoms with Crippen molar-refractivity contribution in [2.24, 2.45) is 0 Å². The molecule has 0 radical (unpaired) electrons. The lowest BCUT2D eigenvalue weighted by Gasteiger charge is -2.39. The fourth-order valence-corrected chi connectivity index (χ4v) is 3.78. The van der Waals surface area contributed by atoms with E-state index in [1.807, 2.05) is 0 Å². The van der Waals surface area contributed by atoms with Crippen molar-refractivity contribution >= 4 is 11.0 Å². The van der Waals surface area contributed by atoms with Crippen molar-refractivity contribution in [3.8, 4) is 40.1 Å². The van der Waals surface area contributed by atoms with Crippen LogP contribution in [0.2, 0.25) is 0 Å². The lowest BCUT2D eigenvalue weighted by molar-refractivity contribution is -0.261. The van der Waals surface area contributed by atoms with Crippen LogP contribution < -0.4 is 10.2 Å². The summed E-state index contributed by atoms with van der Waals surface area (Å²) in [5, 5.41) is 70.4. The van der Waals surface area contributed by atoms with Crippen LogP contribution in [-0.4, -0.2) is 66.5 Å². The van der Waals surface area contributed by atoms with Crippen LogP contribution in [0.15, 0.2) is 51.2 Å². The van der Waals surface area contributed by atoms with Gasteiger partial charge in [0.25, 0.3) is 0 Å². The van der Waals surface area contributed by atoms with Crippen molar-refractivity contribution in [3.05, 3.63) is 52.2 Å². The van der Waals surface area contributed by atoms with E-state index in [0.29, 0.717) is 0 Å². The van der Waals surface area contributed by atoms with Crippen molar-refractivity contribution in [1.29, 1.82) is 0 Å². The molecular formula is C24H24O11. The van der Waals surface area contributed by atoms with E-state index in [4.69, 9.17) is 13.9 Å². The molecule has 4 rings (SSSR count). The van der Waals surface area contributed by atoms with E-state index in [-0.39, 0.29) is 28.0 Å². The zero-order valence-electron chi connectivity index (χ0n) is 18.6. The van der Waals surface area contributed by atoms with Crippen LogP contribution in [0.25, 0.3) is 22.3 Å². The Morgan fingerprint density at radius 2 is 1.63 bits per heavy atom. The Hall–Kier alpha value is -3.77. The van der Waals surface area contributed by atoms with Crippen LogP contribution in [0.5, 0.6) is 28.7 Å². The molecule has 0 amide bonds. The highest BCUT2D eigenvalue weighted by Crippen LogP contribution is 2.39. The molecule has 2 aromatic carbocycles. The number of ether oxygens (including phenoxy) is 2. The summed E-state index contributed by atoms with van der Waals surface area (Å²) in [6, 6.07) is 5.53. The van der Waals surface area contributed by atoms with Crippen molar-refractivity contribution in [2.75, 3.05) is 0 Å². The molecule has 2 heterocycles. The first-order valence-corrected chi connectivity index (χ1v) is 10.5. The summed E-state index contributed by atoms with van der Waals surface area (Å²) in [5.74, 6) is -2.83. The normalized spacial score (nSPS) is 24.3. The van der Waals surface area contributed by atoms with Gasteiger partial charge in [0, 0.05) is 17.7 Å². The zero-order chi connectivity index (χ0) is 25.6. The molecule has 186 valence electrons. The topological polar surface area (TPSA) is 190 Å². The molecule has 11 nitrogen and oxygen atoms in total. The number of hydrogen-bond acceptors (Lipinski definition) is 11. The van der Waals surface area contributed by atoms with Gasteiger partial charge < -0.3 is 49.6 Å². The van der Waals surface area contributed by atoms with Crippen LogP contribution in [-0.2, 0) is 4.74 Å². The summed E-state index contributed by atoms with van der Waals surface area (Å²) in [6.45, 7) is 3.46. The SMILES string of the molecule is CC(C)=C[C@@H]1O[C@@H](Oc2c(-c3ccc(O)c(O)c3)oc3cc(O)cc(O)c3c2=O)[C@H](O)[C@H](O)[C@H]1O. The molecule has 5 atom stereocenters. The minimum Gasteiger partial charge on any atom is -0.508 e. The molecule has 11 heteroatoms. The number of aliphatic hydroxyl groups excluding tert-OH is 3. The maximum Gasteiger partial charge on any atom is 0.239 e. The van der Waals surface area contributed by atoms with E-state index in [2.05, 4.69) is 0 Å². The highest BCUT2D eigenvalue weighted by Gasteiger charge is 2.45. The number of fused-ring (bicyclic) bond motifs is 1. The molecule has 7 N–H and O–H groups in total. The highest BCUT2D eigenvalue weighted by molar-refractivity contribution is 5.88. The Labute approximate surface area is 198 Å². The summed E-state index contributed by atoms with van der Waals surface area (Å²) in [6.07, 6.45) is -6.18. The van der Waals surface area contributed by atoms with Gasteiger partial charge in [0.2, 0.25) is 17.5 Å². The molecule has 0 bridgehead atoms. The highest BCUT2D eigenvalue weighted by atomic mass is 16.7. The Morgan fingerprint density at radius 1 is 0.914 bits per heavy atom. The Morgan fingerprint density at radius 3 is 2.29 bits per heavy atom. The summed E-state index contributed by atoms with van der Waals surface area (Å²) in [5.41, 5.74) is -0.331. The number of phenolic OH excluding ortho intramolecular Hbond substituents is 4. The predicted octanol–water partition coefficient (Wildman–Crippen LogP) is 1.44. The molecule has 1 fully saturated rings. The van der Waals surface area contributed by atoms with Crippen LogP contribution in [0, 0.1) is 0 Å². The average Bonchev–Trinajstić information content (AvgIpc) is 2.78. The summed E-state index contributed by atoms with van der Waals surface area (Å²) < 4.78 is 17.0. The summed E-state index contributed by atoms with van der Waals surface area (Å²) in [4.78, 5) is 13.4. The number of benzene rings is 2. The van der Waals surface area contributed by atoms with E-state index in [1.165, 1.54) is 12.1 Å². The van der Waals surface area contributed by atoms with Crippen molar-refractivity contribution in [1.82, 2.24) is 0 Å². The number of allylic oxidation sites excluding steroid dienone is 1. The van der Waals surface area contributed by atoms with Crippen LogP contribution in [0.1, 0.15) is 13.8 Å². The quantitative estimate of drug-likeness (QED) is 0.208. The number of aromatic hydroxyl groups is 4. The molecule has 0 spiro atoms. The minimum absolute atomic E-state index is 0.0591. The predicted molar refractivity (Wildman–Crippen MR) is 121 cm³/mol. The number of hydrogen-bond donors (Lipinski definition) is 7. The minimum atomic E-state index is -1.78. The maximum atomic E-state index is 13.4.